The van der Waals surface area contributed by atoms with Crippen LogP contribution in [0.25, 0.3) is 5.00 Å². The first kappa shape index (κ1) is 43.4. The van der Waals surface area contributed by atoms with Gasteiger partial charge in [0.1, 0.15) is 40.5 Å². The topological polar surface area (TPSA) is 119 Å². The number of phenols is 1. The molecule has 0 radical (unpaired) electrons. The average Bonchev–Trinajstić information content (AvgIpc) is 4.04. The molecule has 6 heterocycles. The predicted molar refractivity (Wildman–Crippen MR) is 257 cm³/mol. The van der Waals surface area contributed by atoms with E-state index in [-0.39, 0.29) is 23.3 Å². The molecular formula is C53H54F2N8O3S. The Morgan fingerprint density at radius 2 is 1.57 bits per heavy atom. The Morgan fingerprint density at radius 1 is 0.836 bits per heavy atom. The number of benzene rings is 4. The summed E-state index contributed by atoms with van der Waals surface area (Å²) in [6, 6.07) is 26.4. The van der Waals surface area contributed by atoms with Gasteiger partial charge in [-0.05, 0) is 111 Å². The lowest BCUT2D eigenvalue weighted by Gasteiger charge is -2.44. The third-order valence-electron chi connectivity index (χ3n) is 14.7. The van der Waals surface area contributed by atoms with E-state index in [4.69, 9.17) is 9.41 Å². The summed E-state index contributed by atoms with van der Waals surface area (Å²) < 4.78 is 40.7. The van der Waals surface area contributed by atoms with Crippen molar-refractivity contribution in [1.82, 2.24) is 24.6 Å². The Kier molecular flexibility index (Phi) is 11.3. The van der Waals surface area contributed by atoms with Crippen molar-refractivity contribution < 1.29 is 23.4 Å². The fourth-order valence-corrected chi connectivity index (χ4v) is 12.3. The van der Waals surface area contributed by atoms with E-state index in [0.717, 1.165) is 81.8 Å². The van der Waals surface area contributed by atoms with Gasteiger partial charge in [0.2, 0.25) is 0 Å². The summed E-state index contributed by atoms with van der Waals surface area (Å²) in [5.41, 5.74) is 7.93. The van der Waals surface area contributed by atoms with Gasteiger partial charge in [-0.15, -0.1) is 21.5 Å². The number of aliphatic hydroxyl groups is 1. The molecule has 2 saturated heterocycles. The number of thiophene rings is 1. The van der Waals surface area contributed by atoms with E-state index in [1.807, 2.05) is 43.3 Å². The Morgan fingerprint density at radius 3 is 2.28 bits per heavy atom. The van der Waals surface area contributed by atoms with Crippen molar-refractivity contribution in [2.45, 2.75) is 76.4 Å². The van der Waals surface area contributed by atoms with Crippen molar-refractivity contribution in [3.63, 3.8) is 0 Å². The van der Waals surface area contributed by atoms with E-state index in [9.17, 15) is 10.2 Å². The van der Waals surface area contributed by atoms with E-state index >= 15 is 8.78 Å². The molecule has 3 atom stereocenters. The largest absolute Gasteiger partial charge is 0.508 e. The highest BCUT2D eigenvalue weighted by atomic mass is 32.1. The first-order valence-electron chi connectivity index (χ1n) is 23.4. The maximum Gasteiger partial charge on any atom is 0.196 e. The van der Waals surface area contributed by atoms with Crippen molar-refractivity contribution in [3.8, 4) is 10.8 Å². The zero-order valence-corrected chi connectivity index (χ0v) is 38.8. The van der Waals surface area contributed by atoms with Gasteiger partial charge >= 0.3 is 0 Å². The summed E-state index contributed by atoms with van der Waals surface area (Å²) in [4.78, 5) is 17.7. The molecular weight excluding hydrogens is 867 g/mol. The molecule has 2 N–H and O–H groups in total. The first-order chi connectivity index (χ1) is 32.5. The number of fused-ring (bicyclic) bond motifs is 4. The van der Waals surface area contributed by atoms with Gasteiger partial charge in [0, 0.05) is 84.7 Å². The Hall–Kier alpha value is -6.22. The number of oxazole rings is 1. The van der Waals surface area contributed by atoms with Gasteiger partial charge in [0.25, 0.3) is 0 Å². The maximum absolute atomic E-state index is 16.4. The second-order valence-corrected chi connectivity index (χ2v) is 20.0. The molecule has 7 aromatic rings. The normalized spacial score (nSPS) is 20.5. The summed E-state index contributed by atoms with van der Waals surface area (Å²) >= 11 is 1.73. The number of aliphatic imine (C=N–C) groups is 1. The number of hydrogen-bond donors (Lipinski definition) is 2. The number of aromatic nitrogens is 4. The molecule has 0 unspecified atom stereocenters. The Bertz CT molecular complexity index is 2930. The molecule has 2 fully saturated rings. The number of piperidine rings is 1. The zero-order chi connectivity index (χ0) is 46.0. The van der Waals surface area contributed by atoms with Crippen LogP contribution < -0.4 is 9.80 Å². The van der Waals surface area contributed by atoms with E-state index in [1.54, 1.807) is 35.9 Å². The second kappa shape index (κ2) is 17.5. The van der Waals surface area contributed by atoms with E-state index in [1.165, 1.54) is 22.6 Å². The molecule has 4 aromatic carbocycles. The number of β-amino-alcohol motifs (C(OH)–C–C–N with tert-alkyl or cyclic N) is 1. The molecule has 344 valence electrons. The number of hydrogen-bond acceptors (Lipinski definition) is 11. The summed E-state index contributed by atoms with van der Waals surface area (Å²) in [7, 11) is 0. The molecule has 14 heteroatoms. The number of anilines is 2. The zero-order valence-electron chi connectivity index (χ0n) is 38.0. The summed E-state index contributed by atoms with van der Waals surface area (Å²) in [5, 5.41) is 32.3. The summed E-state index contributed by atoms with van der Waals surface area (Å²) in [6.07, 6.45) is 6.40. The number of nitrogens with zero attached hydrogens (tertiary/aromatic N) is 8. The highest BCUT2D eigenvalue weighted by Crippen LogP contribution is 2.49. The molecule has 4 aliphatic rings. The Balaban J connectivity index is 0.746. The third kappa shape index (κ3) is 8.12. The van der Waals surface area contributed by atoms with Crippen LogP contribution in [0.3, 0.4) is 0 Å². The van der Waals surface area contributed by atoms with Crippen LogP contribution >= 0.6 is 11.3 Å². The molecule has 1 aliphatic carbocycles. The van der Waals surface area contributed by atoms with Crippen LogP contribution in [0.15, 0.2) is 107 Å². The smallest absolute Gasteiger partial charge is 0.196 e. The van der Waals surface area contributed by atoms with Crippen LogP contribution in [-0.2, 0) is 12.8 Å². The van der Waals surface area contributed by atoms with Crippen molar-refractivity contribution >= 4 is 28.4 Å². The molecule has 3 aromatic heterocycles. The van der Waals surface area contributed by atoms with Crippen molar-refractivity contribution in [2.24, 2.45) is 4.99 Å². The average molecular weight is 921 g/mol. The van der Waals surface area contributed by atoms with E-state index in [0.29, 0.717) is 63.6 Å². The molecule has 11 nitrogen and oxygen atoms in total. The molecule has 67 heavy (non-hydrogen) atoms. The lowest BCUT2D eigenvalue weighted by Crippen LogP contribution is -2.55. The molecule has 0 bridgehead atoms. The van der Waals surface area contributed by atoms with Gasteiger partial charge in [0.15, 0.2) is 11.7 Å². The number of phenolic OH excluding ortho intramolecular Hbond substituents is 1. The summed E-state index contributed by atoms with van der Waals surface area (Å²) in [6.45, 7) is 10.8. The van der Waals surface area contributed by atoms with Crippen molar-refractivity contribution in [2.75, 3.05) is 55.6 Å². The van der Waals surface area contributed by atoms with E-state index in [2.05, 4.69) is 72.6 Å². The third-order valence-corrected chi connectivity index (χ3v) is 15.9. The lowest BCUT2D eigenvalue weighted by molar-refractivity contribution is -0.0173. The minimum atomic E-state index is -0.837. The SMILES string of the molecule is Cc1sc2c(c1C)C(c1ccc(N3CCC(O)(CN4CCN(c5cc(F)c([C@H]6c7ccc(O)cc7CC[C@H]6c6ccccc6)c(F)c5)CC4)CC3)cc1)=N[C@@H](Cc1ncco1)c1nnc(C)n1-2. The van der Waals surface area contributed by atoms with Crippen LogP contribution in [0.1, 0.15) is 98.5 Å². The molecule has 0 saturated carbocycles. The highest BCUT2D eigenvalue weighted by molar-refractivity contribution is 7.15. The fraction of sp³-hybridized carbons (Fsp3) is 0.358. The number of aryl methyl sites for hydroxylation is 3. The van der Waals surface area contributed by atoms with E-state index < -0.39 is 23.2 Å². The van der Waals surface area contributed by atoms with Crippen LogP contribution in [0, 0.1) is 32.4 Å². The quantitative estimate of drug-likeness (QED) is 0.146. The minimum absolute atomic E-state index is 0.0821. The second-order valence-electron chi connectivity index (χ2n) is 18.8. The number of aromatic hydroxyl groups is 1. The van der Waals surface area contributed by atoms with Crippen LogP contribution in [-0.4, -0.2) is 92.0 Å². The monoisotopic (exact) mass is 920 g/mol. The van der Waals surface area contributed by atoms with Gasteiger partial charge in [0.05, 0.1) is 23.9 Å². The van der Waals surface area contributed by atoms with Gasteiger partial charge < -0.3 is 24.4 Å². The highest BCUT2D eigenvalue weighted by Gasteiger charge is 2.38. The Labute approximate surface area is 393 Å². The lowest BCUT2D eigenvalue weighted by atomic mass is 9.69. The van der Waals surface area contributed by atoms with Crippen LogP contribution in [0.5, 0.6) is 5.75 Å². The number of rotatable bonds is 9. The number of piperazine rings is 1. The van der Waals surface area contributed by atoms with Crippen molar-refractivity contribution in [3.05, 3.63) is 170 Å². The molecule has 3 aliphatic heterocycles. The fourth-order valence-electron chi connectivity index (χ4n) is 11.1. The first-order valence-corrected chi connectivity index (χ1v) is 24.2. The standard InChI is InChI=1S/C53H54F2N8O3S/c1-32-33(2)67-52-47(32)50(57-45(30-46-56-19-26-66-46)51-59-58-34(3)63(51)52)36-9-12-38(13-10-36)61-20-17-53(65,18-21-61)31-60-22-24-62(25-23-60)39-28-43(54)49(44(55)29-39)48-41(35-7-5-4-6-8-35)15-11-37-27-40(64)14-16-42(37)48/h4-10,12-14,16,19,26-29,41,45,48,64-65H,11,15,17-18,20-25,30-31H2,1-3H3/t41-,45-,48+/m0/s1. The van der Waals surface area contributed by atoms with Crippen LogP contribution in [0.4, 0.5) is 20.2 Å². The molecule has 11 rings (SSSR count). The molecule has 0 amide bonds. The van der Waals surface area contributed by atoms with Crippen molar-refractivity contribution in [1.29, 1.82) is 0 Å². The van der Waals surface area contributed by atoms with Gasteiger partial charge in [-0.3, -0.25) is 14.5 Å². The van der Waals surface area contributed by atoms with Crippen LogP contribution in [0.2, 0.25) is 0 Å². The summed E-state index contributed by atoms with van der Waals surface area (Å²) in [5.74, 6) is 0.620. The van der Waals surface area contributed by atoms with Gasteiger partial charge in [-0.1, -0.05) is 48.5 Å². The predicted octanol–water partition coefficient (Wildman–Crippen LogP) is 9.38. The minimum Gasteiger partial charge on any atom is -0.508 e. The molecule has 0 spiro atoms. The van der Waals surface area contributed by atoms with Gasteiger partial charge in [-0.2, -0.15) is 0 Å². The number of halogens is 2. The van der Waals surface area contributed by atoms with Gasteiger partial charge in [-0.25, -0.2) is 13.8 Å². The maximum atomic E-state index is 16.4.